The maximum atomic E-state index is 9.54. The zero-order chi connectivity index (χ0) is 14.5. The summed E-state index contributed by atoms with van der Waals surface area (Å²) in [5, 5.41) is 22.0. The van der Waals surface area contributed by atoms with Crippen LogP contribution in [0, 0.1) is 11.3 Å². The van der Waals surface area contributed by atoms with E-state index in [1.54, 1.807) is 0 Å². The van der Waals surface area contributed by atoms with E-state index in [0.717, 1.165) is 26.1 Å². The molecular weight excluding hydrogens is 258 g/mol. The van der Waals surface area contributed by atoms with E-state index in [4.69, 9.17) is 9.78 Å². The quantitative estimate of drug-likeness (QED) is 0.789. The molecule has 1 aliphatic heterocycles. The molecule has 1 aromatic heterocycles. The summed E-state index contributed by atoms with van der Waals surface area (Å²) < 4.78 is 5.12. The maximum Gasteiger partial charge on any atom is 0.229 e. The van der Waals surface area contributed by atoms with Gasteiger partial charge in [0.25, 0.3) is 0 Å². The lowest BCUT2D eigenvalue weighted by molar-refractivity contribution is 0.113. The highest BCUT2D eigenvalue weighted by Crippen LogP contribution is 2.11. The number of likely N-dealkylation sites (N-methyl/N-ethyl adjacent to an activating group) is 2. The van der Waals surface area contributed by atoms with Crippen LogP contribution in [0.2, 0.25) is 0 Å². The van der Waals surface area contributed by atoms with Crippen molar-refractivity contribution < 1.29 is 9.63 Å². The van der Waals surface area contributed by atoms with Crippen LogP contribution in [0.5, 0.6) is 0 Å². The summed E-state index contributed by atoms with van der Waals surface area (Å²) in [6, 6.07) is 2.30. The van der Waals surface area contributed by atoms with Gasteiger partial charge in [-0.05, 0) is 14.1 Å². The van der Waals surface area contributed by atoms with Crippen molar-refractivity contribution in [2.45, 2.75) is 31.4 Å². The van der Waals surface area contributed by atoms with E-state index in [-0.39, 0.29) is 12.8 Å². The fraction of sp³-hybridized carbons (Fsp3) is 0.769. The third-order valence-electron chi connectivity index (χ3n) is 3.65. The van der Waals surface area contributed by atoms with E-state index in [1.807, 2.05) is 6.07 Å². The molecule has 1 fully saturated rings. The molecule has 2 atom stereocenters. The number of hydrogen-bond donors (Lipinski definition) is 1. The second-order valence-electron chi connectivity index (χ2n) is 5.43. The highest BCUT2D eigenvalue weighted by atomic mass is 16.5. The van der Waals surface area contributed by atoms with Crippen LogP contribution in [0.15, 0.2) is 4.52 Å². The van der Waals surface area contributed by atoms with Gasteiger partial charge in [-0.1, -0.05) is 5.16 Å². The minimum Gasteiger partial charge on any atom is -0.392 e. The van der Waals surface area contributed by atoms with Crippen LogP contribution >= 0.6 is 0 Å². The summed E-state index contributed by atoms with van der Waals surface area (Å²) in [7, 11) is 4.22. The van der Waals surface area contributed by atoms with Crippen molar-refractivity contribution in [2.75, 3.05) is 33.7 Å². The number of aliphatic hydroxyl groups excluding tert-OH is 1. The average molecular weight is 279 g/mol. The van der Waals surface area contributed by atoms with E-state index >= 15 is 0 Å². The van der Waals surface area contributed by atoms with Gasteiger partial charge in [-0.15, -0.1) is 0 Å². The first-order valence-corrected chi connectivity index (χ1v) is 6.83. The number of piperazine rings is 1. The maximum absolute atomic E-state index is 9.54. The third-order valence-corrected chi connectivity index (χ3v) is 3.65. The Morgan fingerprint density at radius 1 is 1.50 bits per heavy atom. The second-order valence-corrected chi connectivity index (χ2v) is 5.43. The Hall–Kier alpha value is -1.49. The van der Waals surface area contributed by atoms with Crippen molar-refractivity contribution in [3.05, 3.63) is 11.7 Å². The number of aliphatic hydroxyl groups is 1. The molecule has 2 unspecified atom stereocenters. The molecule has 0 spiro atoms. The third kappa shape index (κ3) is 4.00. The van der Waals surface area contributed by atoms with Gasteiger partial charge >= 0.3 is 0 Å². The van der Waals surface area contributed by atoms with Crippen molar-refractivity contribution >= 4 is 0 Å². The van der Waals surface area contributed by atoms with E-state index in [0.29, 0.717) is 17.8 Å². The largest absolute Gasteiger partial charge is 0.392 e. The van der Waals surface area contributed by atoms with Gasteiger partial charge < -0.3 is 19.4 Å². The predicted octanol–water partition coefficient (Wildman–Crippen LogP) is -0.325. The van der Waals surface area contributed by atoms with Crippen LogP contribution in [0.1, 0.15) is 18.1 Å². The Bertz CT molecular complexity index is 470. The highest BCUT2D eigenvalue weighted by Gasteiger charge is 2.24. The molecule has 0 bridgehead atoms. The van der Waals surface area contributed by atoms with Gasteiger partial charge in [-0.2, -0.15) is 10.2 Å². The minimum atomic E-state index is -0.739. The molecule has 0 aromatic carbocycles. The van der Waals surface area contributed by atoms with Crippen molar-refractivity contribution in [3.63, 3.8) is 0 Å². The van der Waals surface area contributed by atoms with Crippen molar-refractivity contribution in [2.24, 2.45) is 0 Å². The monoisotopic (exact) mass is 279 g/mol. The Balaban J connectivity index is 1.90. The molecule has 1 aliphatic rings. The summed E-state index contributed by atoms with van der Waals surface area (Å²) in [5.74, 6) is 1.06. The summed E-state index contributed by atoms with van der Waals surface area (Å²) in [6.45, 7) is 3.09. The van der Waals surface area contributed by atoms with Gasteiger partial charge in [-0.25, -0.2) is 0 Å². The molecule has 2 heterocycles. The fourth-order valence-electron chi connectivity index (χ4n) is 2.37. The lowest BCUT2D eigenvalue weighted by Gasteiger charge is -2.37. The standard InChI is InChI=1S/C13H21N5O2/c1-17-5-6-18(2)10(9-17)7-12-15-13(20-16-12)8-11(19)3-4-14/h10-11,19H,3,5-9H2,1-2H3. The van der Waals surface area contributed by atoms with Gasteiger partial charge in [0.05, 0.1) is 25.0 Å². The molecule has 2 rings (SSSR count). The minimum absolute atomic E-state index is 0.0773. The molecule has 0 saturated carbocycles. The van der Waals surface area contributed by atoms with Crippen molar-refractivity contribution in [3.8, 4) is 6.07 Å². The van der Waals surface area contributed by atoms with Crippen LogP contribution in [0.25, 0.3) is 0 Å². The molecule has 1 N–H and O–H groups in total. The molecule has 0 radical (unpaired) electrons. The fourth-order valence-corrected chi connectivity index (χ4v) is 2.37. The highest BCUT2D eigenvalue weighted by molar-refractivity contribution is 4.94. The normalized spacial score (nSPS) is 22.6. The van der Waals surface area contributed by atoms with E-state index in [2.05, 4.69) is 34.0 Å². The number of nitriles is 1. The van der Waals surface area contributed by atoms with E-state index < -0.39 is 6.10 Å². The molecule has 1 saturated heterocycles. The number of nitrogens with zero attached hydrogens (tertiary/aromatic N) is 5. The molecule has 0 amide bonds. The summed E-state index contributed by atoms with van der Waals surface area (Å²) in [6.07, 6.45) is 0.310. The van der Waals surface area contributed by atoms with Crippen LogP contribution in [-0.2, 0) is 12.8 Å². The van der Waals surface area contributed by atoms with Crippen molar-refractivity contribution in [1.29, 1.82) is 5.26 Å². The summed E-state index contributed by atoms with van der Waals surface area (Å²) in [5.41, 5.74) is 0. The lowest BCUT2D eigenvalue weighted by atomic mass is 10.1. The van der Waals surface area contributed by atoms with Crippen LogP contribution < -0.4 is 0 Å². The molecule has 110 valence electrons. The molecule has 0 aliphatic carbocycles. The topological polar surface area (TPSA) is 89.4 Å². The predicted molar refractivity (Wildman–Crippen MR) is 71.9 cm³/mol. The first kappa shape index (κ1) is 14.9. The molecule has 20 heavy (non-hydrogen) atoms. The molecule has 1 aromatic rings. The zero-order valence-corrected chi connectivity index (χ0v) is 12.0. The first-order chi connectivity index (χ1) is 9.58. The second kappa shape index (κ2) is 6.79. The van der Waals surface area contributed by atoms with Crippen LogP contribution in [0.4, 0.5) is 0 Å². The number of aromatic nitrogens is 2. The molecular formula is C13H21N5O2. The number of hydrogen-bond acceptors (Lipinski definition) is 7. The Labute approximate surface area is 118 Å². The van der Waals surface area contributed by atoms with Crippen LogP contribution in [0.3, 0.4) is 0 Å². The van der Waals surface area contributed by atoms with E-state index in [9.17, 15) is 5.11 Å². The van der Waals surface area contributed by atoms with Gasteiger partial charge in [-0.3, -0.25) is 0 Å². The smallest absolute Gasteiger partial charge is 0.229 e. The lowest BCUT2D eigenvalue weighted by Crippen LogP contribution is -2.50. The van der Waals surface area contributed by atoms with Gasteiger partial charge in [0.15, 0.2) is 5.82 Å². The Morgan fingerprint density at radius 3 is 3.05 bits per heavy atom. The zero-order valence-electron chi connectivity index (χ0n) is 12.0. The van der Waals surface area contributed by atoms with E-state index in [1.165, 1.54) is 0 Å². The molecule has 7 nitrogen and oxygen atoms in total. The number of rotatable bonds is 5. The van der Waals surface area contributed by atoms with Gasteiger partial charge in [0.2, 0.25) is 5.89 Å². The van der Waals surface area contributed by atoms with Crippen molar-refractivity contribution in [1.82, 2.24) is 19.9 Å². The summed E-state index contributed by atoms with van der Waals surface area (Å²) >= 11 is 0. The first-order valence-electron chi connectivity index (χ1n) is 6.83. The molecule has 7 heteroatoms. The summed E-state index contributed by atoms with van der Waals surface area (Å²) in [4.78, 5) is 8.89. The SMILES string of the molecule is CN1CCN(C)C(Cc2noc(CC(O)CC#N)n2)C1. The Kier molecular flexibility index (Phi) is 5.06. The average Bonchev–Trinajstić information content (AvgIpc) is 2.81. The Morgan fingerprint density at radius 2 is 2.30 bits per heavy atom. The van der Waals surface area contributed by atoms with Crippen LogP contribution in [-0.4, -0.2) is 70.9 Å². The van der Waals surface area contributed by atoms with Gasteiger partial charge in [0.1, 0.15) is 0 Å². The van der Waals surface area contributed by atoms with Gasteiger partial charge in [0, 0.05) is 32.1 Å².